The molecule has 2 unspecified atom stereocenters. The van der Waals surface area contributed by atoms with Crippen molar-refractivity contribution in [2.75, 3.05) is 38.6 Å². The highest BCUT2D eigenvalue weighted by atomic mass is 16.5. The number of aliphatic imine (C=N–C) groups is 1. The number of carbonyl (C=O) groups excluding carboxylic acids is 3. The lowest BCUT2D eigenvalue weighted by atomic mass is 9.98. The third-order valence-corrected chi connectivity index (χ3v) is 12.7. The number of hydrogen-bond acceptors (Lipinski definition) is 8. The van der Waals surface area contributed by atoms with Crippen LogP contribution in [-0.2, 0) is 14.3 Å². The molecule has 3 N–H and O–H groups in total. The van der Waals surface area contributed by atoms with Crippen LogP contribution in [0.2, 0.25) is 0 Å². The molecule has 318 valence electrons. The normalized spacial score (nSPS) is 21.5. The second kappa shape index (κ2) is 17.9. The van der Waals surface area contributed by atoms with E-state index in [1.54, 1.807) is 0 Å². The first-order chi connectivity index (χ1) is 29.5. The third kappa shape index (κ3) is 8.77. The minimum Gasteiger partial charge on any atom is -0.453 e. The van der Waals surface area contributed by atoms with Crippen molar-refractivity contribution in [2.24, 2.45) is 22.7 Å². The van der Waals surface area contributed by atoms with Gasteiger partial charge in [0.2, 0.25) is 11.8 Å². The van der Waals surface area contributed by atoms with Gasteiger partial charge in [-0.3, -0.25) is 19.5 Å². The van der Waals surface area contributed by atoms with E-state index in [1.807, 2.05) is 55.3 Å². The molecule has 12 heteroatoms. The summed E-state index contributed by atoms with van der Waals surface area (Å²) < 4.78 is 4.81. The number of alkyl carbamates (subject to hydrolysis) is 1. The number of H-pyrrole nitrogens is 1. The van der Waals surface area contributed by atoms with Gasteiger partial charge in [0, 0.05) is 18.7 Å². The first kappa shape index (κ1) is 41.7. The first-order valence-corrected chi connectivity index (χ1v) is 21.7. The molecular weight excluding hydrogens is 765 g/mol. The zero-order valence-electron chi connectivity index (χ0n) is 35.9. The quantitative estimate of drug-likeness (QED) is 0.107. The Kier molecular flexibility index (Phi) is 12.3. The molecular formula is C49H58N8O4. The Balaban J connectivity index is 1.00. The molecule has 3 amide bonds. The number of aromatic nitrogens is 2. The highest BCUT2D eigenvalue weighted by molar-refractivity contribution is 5.92. The topological polar surface area (TPSA) is 135 Å². The fourth-order valence-electron chi connectivity index (χ4n) is 9.55. The molecule has 5 aromatic rings. The average Bonchev–Trinajstić information content (AvgIpc) is 4.11. The minimum atomic E-state index is -0.714. The van der Waals surface area contributed by atoms with Gasteiger partial charge in [-0.05, 0) is 115 Å². The Hall–Kier alpha value is -6.01. The van der Waals surface area contributed by atoms with Crippen LogP contribution in [-0.4, -0.2) is 94.8 Å². The van der Waals surface area contributed by atoms with Crippen LogP contribution in [0.25, 0.3) is 33.2 Å². The van der Waals surface area contributed by atoms with Crippen molar-refractivity contribution < 1.29 is 19.1 Å². The number of amides is 3. The summed E-state index contributed by atoms with van der Waals surface area (Å²) in [6.45, 7) is 15.1. The molecule has 0 spiro atoms. The predicted molar refractivity (Wildman–Crippen MR) is 241 cm³/mol. The molecule has 0 saturated carbocycles. The maximum atomic E-state index is 14.5. The number of ether oxygens (including phenoxy) is 1. The Labute approximate surface area is 358 Å². The van der Waals surface area contributed by atoms with Crippen LogP contribution in [0.1, 0.15) is 76.8 Å². The fourth-order valence-corrected chi connectivity index (χ4v) is 9.55. The number of fused-ring (bicyclic) bond motifs is 1. The molecule has 0 bridgehead atoms. The minimum absolute atomic E-state index is 0.115. The molecule has 4 aromatic carbocycles. The third-order valence-electron chi connectivity index (χ3n) is 12.7. The number of methoxy groups -OCH3 is 1. The first-order valence-electron chi connectivity index (χ1n) is 21.7. The lowest BCUT2D eigenvalue weighted by Crippen LogP contribution is -2.53. The number of likely N-dealkylation sites (tertiary alicyclic amines) is 3. The van der Waals surface area contributed by atoms with Crippen LogP contribution in [0.4, 0.5) is 16.2 Å². The van der Waals surface area contributed by atoms with Crippen LogP contribution in [0, 0.1) is 17.8 Å². The van der Waals surface area contributed by atoms with Gasteiger partial charge in [0.15, 0.2) is 0 Å². The Morgan fingerprint density at radius 2 is 1.49 bits per heavy atom. The van der Waals surface area contributed by atoms with E-state index in [4.69, 9.17) is 9.72 Å². The zero-order chi connectivity index (χ0) is 42.8. The Morgan fingerprint density at radius 1 is 0.836 bits per heavy atom. The number of nitrogens with one attached hydrogen (secondary N) is 3. The molecule has 3 fully saturated rings. The van der Waals surface area contributed by atoms with E-state index >= 15 is 0 Å². The summed E-state index contributed by atoms with van der Waals surface area (Å²) in [5, 5.41) is 8.53. The lowest BCUT2D eigenvalue weighted by molar-refractivity contribution is -0.138. The molecule has 8 rings (SSSR count). The smallest absolute Gasteiger partial charge is 0.407 e. The van der Waals surface area contributed by atoms with E-state index < -0.39 is 12.1 Å². The number of imidazole rings is 1. The maximum Gasteiger partial charge on any atom is 0.407 e. The van der Waals surface area contributed by atoms with Crippen molar-refractivity contribution in [3.63, 3.8) is 0 Å². The van der Waals surface area contributed by atoms with Crippen molar-refractivity contribution in [3.8, 4) is 22.4 Å². The largest absolute Gasteiger partial charge is 0.453 e. The van der Waals surface area contributed by atoms with Crippen molar-refractivity contribution in [1.82, 2.24) is 30.0 Å². The van der Waals surface area contributed by atoms with Crippen LogP contribution in [0.5, 0.6) is 0 Å². The molecule has 12 nitrogen and oxygen atoms in total. The van der Waals surface area contributed by atoms with Crippen LogP contribution in [0.3, 0.4) is 0 Å². The summed E-state index contributed by atoms with van der Waals surface area (Å²) in [7, 11) is 1.30. The van der Waals surface area contributed by atoms with E-state index in [-0.39, 0.29) is 41.9 Å². The molecule has 0 aliphatic carbocycles. The molecule has 0 radical (unpaired) electrons. The maximum absolute atomic E-state index is 14.5. The summed E-state index contributed by atoms with van der Waals surface area (Å²) in [5.41, 5.74) is 6.52. The zero-order valence-corrected chi connectivity index (χ0v) is 35.9. The summed E-state index contributed by atoms with van der Waals surface area (Å²) in [5.74, 6) is 1.34. The van der Waals surface area contributed by atoms with Crippen molar-refractivity contribution in [2.45, 2.75) is 77.7 Å². The van der Waals surface area contributed by atoms with Crippen molar-refractivity contribution in [3.05, 3.63) is 103 Å². The van der Waals surface area contributed by atoms with Crippen LogP contribution >= 0.6 is 0 Å². The van der Waals surface area contributed by atoms with E-state index in [0.717, 1.165) is 89.0 Å². The Morgan fingerprint density at radius 3 is 2.20 bits per heavy atom. The van der Waals surface area contributed by atoms with Crippen molar-refractivity contribution in [1.29, 1.82) is 0 Å². The van der Waals surface area contributed by atoms with Gasteiger partial charge in [0.1, 0.15) is 24.1 Å². The highest BCUT2D eigenvalue weighted by Gasteiger charge is 2.42. The molecule has 3 saturated heterocycles. The molecule has 3 aliphatic heterocycles. The van der Waals surface area contributed by atoms with Gasteiger partial charge in [-0.1, -0.05) is 88.4 Å². The van der Waals surface area contributed by atoms with Crippen molar-refractivity contribution >= 4 is 46.8 Å². The molecule has 6 atom stereocenters. The summed E-state index contributed by atoms with van der Waals surface area (Å²) >= 11 is 0. The van der Waals surface area contributed by atoms with Gasteiger partial charge >= 0.3 is 6.09 Å². The molecule has 3 aliphatic rings. The number of aromatic amines is 1. The lowest BCUT2D eigenvalue weighted by Gasteiger charge is -2.33. The second-order valence-electron chi connectivity index (χ2n) is 17.6. The second-order valence-corrected chi connectivity index (χ2v) is 17.6. The van der Waals surface area contributed by atoms with Gasteiger partial charge in [0.05, 0.1) is 36.4 Å². The van der Waals surface area contributed by atoms with E-state index in [0.29, 0.717) is 24.7 Å². The number of hydrogen-bond donors (Lipinski definition) is 3. The summed E-state index contributed by atoms with van der Waals surface area (Å²) in [6.07, 6.45) is 4.82. The van der Waals surface area contributed by atoms with E-state index in [9.17, 15) is 14.4 Å². The number of nitrogens with zero attached hydrogens (tertiary/aromatic N) is 5. The predicted octanol–water partition coefficient (Wildman–Crippen LogP) is 8.96. The van der Waals surface area contributed by atoms with E-state index in [1.165, 1.54) is 7.11 Å². The number of rotatable bonds is 12. The van der Waals surface area contributed by atoms with Gasteiger partial charge in [-0.2, -0.15) is 0 Å². The highest BCUT2D eigenvalue weighted by Crippen LogP contribution is 2.40. The molecule has 1 aromatic heterocycles. The van der Waals surface area contributed by atoms with Gasteiger partial charge in [-0.15, -0.1) is 0 Å². The summed E-state index contributed by atoms with van der Waals surface area (Å²) in [4.78, 5) is 59.5. The SMILES string of the molecule is C=Nc1ccc(-c2ccc3cc(-c4cnc([C@@H]5C[C@H](C)CN5C(=O)[C@@H](c5ccccc5)N5CCCC5)[nH]4)ccc3c2)cc1NC1CC(C)CN1C(=O)[C@@H](NC(=O)OC)C(C)C. The monoisotopic (exact) mass is 822 g/mol. The van der Waals surface area contributed by atoms with Crippen LogP contribution < -0.4 is 10.6 Å². The number of carbonyl (C=O) groups is 3. The van der Waals surface area contributed by atoms with E-state index in [2.05, 4.69) is 106 Å². The van der Waals surface area contributed by atoms with Gasteiger partial charge in [-0.25, -0.2) is 9.78 Å². The number of anilines is 1. The average molecular weight is 823 g/mol. The summed E-state index contributed by atoms with van der Waals surface area (Å²) in [6, 6.07) is 28.1. The Bertz CT molecular complexity index is 2390. The molecule has 4 heterocycles. The van der Waals surface area contributed by atoms with Gasteiger partial charge in [0.25, 0.3) is 0 Å². The van der Waals surface area contributed by atoms with Crippen LogP contribution in [0.15, 0.2) is 96.1 Å². The number of benzene rings is 4. The molecule has 61 heavy (non-hydrogen) atoms. The standard InChI is InChI=1S/C49H58N8O4/c1-30(2)44(54-49(60)61-6)47(58)57-29-32(4)23-43(57)52-40-26-37(18-19-39(40)50-5)35-14-15-36-25-38(17-16-34(36)24-35)41-27-51-46(53-41)42-22-31(3)28-56(42)48(59)45(55-20-10-11-21-55)33-12-8-7-9-13-33/h7-9,12-19,24-27,30-32,42-45,52H,5,10-11,20-23,28-29H2,1-4,6H3,(H,51,53)(H,54,60)/t31-,32?,42-,43?,44-,45+/m0/s1. The fraction of sp³-hybridized carbons (Fsp3) is 0.408. The van der Waals surface area contributed by atoms with Gasteiger partial charge < -0.3 is 30.2 Å².